The number of hydrogen-bond donors (Lipinski definition) is 4. The van der Waals surface area contributed by atoms with Crippen molar-refractivity contribution in [2.24, 2.45) is 0 Å². The van der Waals surface area contributed by atoms with Gasteiger partial charge in [-0.05, 0) is 24.3 Å². The molecule has 0 aliphatic carbocycles. The molecule has 0 saturated carbocycles. The number of aliphatic carboxylic acids is 1. The third-order valence-electron chi connectivity index (χ3n) is 2.13. The molecule has 0 fully saturated rings. The molecule has 1 aromatic carbocycles. The molecule has 0 saturated heterocycles. The van der Waals surface area contributed by atoms with Crippen molar-refractivity contribution in [3.05, 3.63) is 24.3 Å². The molecule has 1 aromatic rings. The fourth-order valence-electron chi connectivity index (χ4n) is 1.25. The van der Waals surface area contributed by atoms with Gasteiger partial charge in [0.15, 0.2) is 6.04 Å². The molecule has 7 nitrogen and oxygen atoms in total. The number of hydrogen-bond acceptors (Lipinski definition) is 4. The Bertz CT molecular complexity index is 504. The number of carboxylic acids is 1. The quantitative estimate of drug-likeness (QED) is 0.652. The van der Waals surface area contributed by atoms with E-state index < -0.39 is 36.8 Å². The van der Waals surface area contributed by atoms with E-state index in [4.69, 9.17) is 10.2 Å². The summed E-state index contributed by atoms with van der Waals surface area (Å²) in [5.41, 5.74) is 0.115. The zero-order chi connectivity index (χ0) is 16.0. The topological polar surface area (TPSA) is 108 Å². The number of benzene rings is 1. The first kappa shape index (κ1) is 16.6. The maximum absolute atomic E-state index is 11.9. The van der Waals surface area contributed by atoms with Gasteiger partial charge in [-0.25, -0.2) is 9.59 Å². The Balaban J connectivity index is 2.59. The number of carboxylic acid groups (broad SMARTS) is 1. The van der Waals surface area contributed by atoms with Gasteiger partial charge in [0.25, 0.3) is 0 Å². The molecule has 1 atom stereocenters. The lowest BCUT2D eigenvalue weighted by molar-refractivity contribution is -0.274. The van der Waals surface area contributed by atoms with Crippen molar-refractivity contribution in [3.8, 4) is 5.75 Å². The molecular weight excluding hydrogens is 297 g/mol. The predicted octanol–water partition coefficient (Wildman–Crippen LogP) is 1.15. The Morgan fingerprint density at radius 2 is 1.81 bits per heavy atom. The summed E-state index contributed by atoms with van der Waals surface area (Å²) in [5, 5.41) is 21.5. The highest BCUT2D eigenvalue weighted by molar-refractivity contribution is 5.92. The van der Waals surface area contributed by atoms with Crippen molar-refractivity contribution >= 4 is 17.7 Å². The van der Waals surface area contributed by atoms with Crippen molar-refractivity contribution in [3.63, 3.8) is 0 Å². The maximum Gasteiger partial charge on any atom is 0.573 e. The van der Waals surface area contributed by atoms with Crippen LogP contribution in [0.2, 0.25) is 0 Å². The minimum Gasteiger partial charge on any atom is -0.480 e. The highest BCUT2D eigenvalue weighted by Crippen LogP contribution is 2.23. The van der Waals surface area contributed by atoms with Crippen LogP contribution in [0.5, 0.6) is 5.75 Å². The summed E-state index contributed by atoms with van der Waals surface area (Å²) in [6.45, 7) is -0.804. The van der Waals surface area contributed by atoms with Gasteiger partial charge in [-0.2, -0.15) is 0 Å². The zero-order valence-corrected chi connectivity index (χ0v) is 10.3. The molecule has 1 rings (SSSR count). The second-order valence-electron chi connectivity index (χ2n) is 3.74. The summed E-state index contributed by atoms with van der Waals surface area (Å²) >= 11 is 0. The molecule has 0 aliphatic heterocycles. The second kappa shape index (κ2) is 6.79. The summed E-state index contributed by atoms with van der Waals surface area (Å²) in [6, 6.07) is 1.80. The molecule has 21 heavy (non-hydrogen) atoms. The van der Waals surface area contributed by atoms with Crippen LogP contribution in [0, 0.1) is 0 Å². The number of nitrogens with one attached hydrogen (secondary N) is 2. The molecule has 0 bridgehead atoms. The van der Waals surface area contributed by atoms with Crippen LogP contribution in [0.1, 0.15) is 0 Å². The standard InChI is InChI=1S/C11H11F3N2O5/c12-11(13,14)21-7-3-1-6(2-4-7)15-10(20)16-8(5-17)9(18)19/h1-4,8,17H,5H2,(H,18,19)(H2,15,16,20)/t8-/m0/s1. The first-order valence-corrected chi connectivity index (χ1v) is 5.48. The molecule has 0 unspecified atom stereocenters. The number of halogens is 3. The van der Waals surface area contributed by atoms with E-state index in [2.05, 4.69) is 10.1 Å². The number of carbonyl (C=O) groups is 2. The van der Waals surface area contributed by atoms with E-state index in [1.165, 1.54) is 0 Å². The van der Waals surface area contributed by atoms with E-state index in [1.807, 2.05) is 5.32 Å². The number of amides is 2. The Kier molecular flexibility index (Phi) is 5.36. The number of aliphatic hydroxyl groups excluding tert-OH is 1. The van der Waals surface area contributed by atoms with Crippen LogP contribution >= 0.6 is 0 Å². The van der Waals surface area contributed by atoms with Crippen LogP contribution in [-0.2, 0) is 4.79 Å². The van der Waals surface area contributed by atoms with Crippen LogP contribution in [0.3, 0.4) is 0 Å². The maximum atomic E-state index is 11.9. The smallest absolute Gasteiger partial charge is 0.480 e. The zero-order valence-electron chi connectivity index (χ0n) is 10.3. The van der Waals surface area contributed by atoms with E-state index in [0.29, 0.717) is 0 Å². The van der Waals surface area contributed by atoms with Gasteiger partial charge in [0.2, 0.25) is 0 Å². The van der Waals surface area contributed by atoms with Gasteiger partial charge >= 0.3 is 18.4 Å². The van der Waals surface area contributed by atoms with E-state index in [9.17, 15) is 22.8 Å². The summed E-state index contributed by atoms with van der Waals surface area (Å²) in [4.78, 5) is 22.0. The lowest BCUT2D eigenvalue weighted by atomic mass is 10.3. The van der Waals surface area contributed by atoms with Gasteiger partial charge in [0, 0.05) is 5.69 Å². The molecule has 10 heteroatoms. The molecule has 0 spiro atoms. The Hall–Kier alpha value is -2.49. The van der Waals surface area contributed by atoms with Gasteiger partial charge in [0.05, 0.1) is 6.61 Å². The normalized spacial score (nSPS) is 12.4. The van der Waals surface area contributed by atoms with Crippen LogP contribution < -0.4 is 15.4 Å². The van der Waals surface area contributed by atoms with E-state index in [0.717, 1.165) is 24.3 Å². The van der Waals surface area contributed by atoms with Gasteiger partial charge in [-0.1, -0.05) is 0 Å². The van der Waals surface area contributed by atoms with E-state index >= 15 is 0 Å². The van der Waals surface area contributed by atoms with Crippen molar-refractivity contribution < 1.29 is 37.7 Å². The Labute approximate surface area is 116 Å². The molecule has 2 amide bonds. The van der Waals surface area contributed by atoms with Crippen molar-refractivity contribution in [2.75, 3.05) is 11.9 Å². The summed E-state index contributed by atoms with van der Waals surface area (Å²) in [5.74, 6) is -1.89. The number of ether oxygens (including phenoxy) is 1. The molecular formula is C11H11F3N2O5. The Morgan fingerprint density at radius 3 is 2.24 bits per heavy atom. The molecule has 0 heterocycles. The third kappa shape index (κ3) is 5.99. The number of alkyl halides is 3. The minimum absolute atomic E-state index is 0.115. The fourth-order valence-corrected chi connectivity index (χ4v) is 1.25. The molecule has 116 valence electrons. The van der Waals surface area contributed by atoms with Gasteiger partial charge in [-0.3, -0.25) is 0 Å². The SMILES string of the molecule is O=C(Nc1ccc(OC(F)(F)F)cc1)N[C@@H](CO)C(=O)O. The van der Waals surface area contributed by atoms with Crippen molar-refractivity contribution in [1.82, 2.24) is 5.32 Å². The average molecular weight is 308 g/mol. The number of aliphatic hydroxyl groups is 1. The number of rotatable bonds is 5. The monoisotopic (exact) mass is 308 g/mol. The molecule has 0 aromatic heterocycles. The molecule has 4 N–H and O–H groups in total. The van der Waals surface area contributed by atoms with E-state index in [-0.39, 0.29) is 5.69 Å². The number of urea groups is 1. The fraction of sp³-hybridized carbons (Fsp3) is 0.273. The van der Waals surface area contributed by atoms with Crippen LogP contribution in [0.25, 0.3) is 0 Å². The highest BCUT2D eigenvalue weighted by atomic mass is 19.4. The third-order valence-corrected chi connectivity index (χ3v) is 2.13. The lowest BCUT2D eigenvalue weighted by Crippen LogP contribution is -2.45. The number of carbonyl (C=O) groups excluding carboxylic acids is 1. The van der Waals surface area contributed by atoms with Crippen LogP contribution in [0.4, 0.5) is 23.7 Å². The van der Waals surface area contributed by atoms with Crippen LogP contribution in [-0.4, -0.2) is 41.2 Å². The highest BCUT2D eigenvalue weighted by Gasteiger charge is 2.31. The first-order valence-electron chi connectivity index (χ1n) is 5.48. The Morgan fingerprint density at radius 1 is 1.24 bits per heavy atom. The molecule has 0 radical (unpaired) electrons. The largest absolute Gasteiger partial charge is 0.573 e. The summed E-state index contributed by atoms with van der Waals surface area (Å²) in [6.07, 6.45) is -4.82. The van der Waals surface area contributed by atoms with Crippen LogP contribution in [0.15, 0.2) is 24.3 Å². The van der Waals surface area contributed by atoms with Gasteiger partial charge in [0.1, 0.15) is 5.75 Å². The van der Waals surface area contributed by atoms with Crippen molar-refractivity contribution in [1.29, 1.82) is 0 Å². The predicted molar refractivity (Wildman–Crippen MR) is 63.8 cm³/mol. The molecule has 0 aliphatic rings. The lowest BCUT2D eigenvalue weighted by Gasteiger charge is -2.13. The van der Waals surface area contributed by atoms with Gasteiger partial charge < -0.3 is 25.6 Å². The second-order valence-corrected chi connectivity index (χ2v) is 3.74. The summed E-state index contributed by atoms with van der Waals surface area (Å²) < 4.78 is 39.4. The summed E-state index contributed by atoms with van der Waals surface area (Å²) in [7, 11) is 0. The average Bonchev–Trinajstić information content (AvgIpc) is 2.36. The van der Waals surface area contributed by atoms with Crippen molar-refractivity contribution in [2.45, 2.75) is 12.4 Å². The minimum atomic E-state index is -4.82. The van der Waals surface area contributed by atoms with E-state index in [1.54, 1.807) is 0 Å². The first-order chi connectivity index (χ1) is 9.71. The van der Waals surface area contributed by atoms with Gasteiger partial charge in [-0.15, -0.1) is 13.2 Å². The number of anilines is 1.